The molecule has 0 bridgehead atoms. The molecule has 4 heteroatoms. The lowest BCUT2D eigenvalue weighted by Gasteiger charge is -2.40. The lowest BCUT2D eigenvalue weighted by Crippen LogP contribution is -2.56. The second kappa shape index (κ2) is 4.39. The first kappa shape index (κ1) is 10.7. The van der Waals surface area contributed by atoms with Crippen LogP contribution in [0, 0.1) is 0 Å². The van der Waals surface area contributed by atoms with E-state index < -0.39 is 0 Å². The molecule has 2 rings (SSSR count). The summed E-state index contributed by atoms with van der Waals surface area (Å²) < 4.78 is 5.44. The van der Waals surface area contributed by atoms with Gasteiger partial charge in [-0.05, 0) is 25.6 Å². The van der Waals surface area contributed by atoms with E-state index in [2.05, 4.69) is 11.9 Å². The summed E-state index contributed by atoms with van der Waals surface area (Å²) in [6.07, 6.45) is 2.41. The molecule has 0 aromatic rings. The topological polar surface area (TPSA) is 38.5 Å². The third kappa shape index (κ3) is 1.81. The van der Waals surface area contributed by atoms with Crippen molar-refractivity contribution in [3.05, 3.63) is 0 Å². The zero-order chi connectivity index (χ0) is 10.0. The van der Waals surface area contributed by atoms with Crippen LogP contribution in [0.3, 0.4) is 0 Å². The molecule has 2 saturated heterocycles. The second-order valence-electron chi connectivity index (χ2n) is 4.36. The van der Waals surface area contributed by atoms with Crippen LogP contribution in [-0.4, -0.2) is 54.8 Å². The minimum absolute atomic E-state index is 0.253. The summed E-state index contributed by atoms with van der Waals surface area (Å²) in [5.74, 6) is 2.45. The molecular weight excluding hydrogens is 196 g/mol. The van der Waals surface area contributed by atoms with E-state index in [1.54, 1.807) is 0 Å². The first-order valence-corrected chi connectivity index (χ1v) is 6.52. The highest BCUT2D eigenvalue weighted by Crippen LogP contribution is 2.34. The molecule has 82 valence electrons. The van der Waals surface area contributed by atoms with E-state index in [9.17, 15) is 0 Å². The van der Waals surface area contributed by atoms with Gasteiger partial charge in [0.05, 0.1) is 6.61 Å². The second-order valence-corrected chi connectivity index (χ2v) is 5.46. The Labute approximate surface area is 90.3 Å². The van der Waals surface area contributed by atoms with Gasteiger partial charge in [-0.15, -0.1) is 0 Å². The maximum Gasteiger partial charge on any atom is 0.0622 e. The molecule has 2 N–H and O–H groups in total. The fourth-order valence-corrected chi connectivity index (χ4v) is 3.91. The van der Waals surface area contributed by atoms with Crippen molar-refractivity contribution in [3.8, 4) is 0 Å². The van der Waals surface area contributed by atoms with E-state index in [0.717, 1.165) is 19.8 Å². The van der Waals surface area contributed by atoms with Crippen LogP contribution in [0.1, 0.15) is 12.8 Å². The molecule has 0 spiro atoms. The van der Waals surface area contributed by atoms with Crippen LogP contribution in [0.5, 0.6) is 0 Å². The maximum atomic E-state index is 5.94. The van der Waals surface area contributed by atoms with Crippen LogP contribution in [0.4, 0.5) is 0 Å². The normalized spacial score (nSPS) is 38.4. The Kier molecular flexibility index (Phi) is 3.37. The van der Waals surface area contributed by atoms with Crippen LogP contribution in [0.15, 0.2) is 0 Å². The SMILES string of the molecule is CN(C1CCOC1)C1(CN)CCSC1. The molecule has 0 aromatic carbocycles. The standard InChI is InChI=1S/C10H20N2OS/c1-12(9-2-4-13-6-9)10(7-11)3-5-14-8-10/h9H,2-8,11H2,1H3. The van der Waals surface area contributed by atoms with Crippen molar-refractivity contribution in [2.75, 3.05) is 38.3 Å². The third-order valence-electron chi connectivity index (χ3n) is 3.66. The van der Waals surface area contributed by atoms with Crippen molar-refractivity contribution < 1.29 is 4.74 Å². The van der Waals surface area contributed by atoms with Gasteiger partial charge in [0.15, 0.2) is 0 Å². The molecule has 0 aromatic heterocycles. The fraction of sp³-hybridized carbons (Fsp3) is 1.00. The minimum atomic E-state index is 0.253. The van der Waals surface area contributed by atoms with E-state index in [4.69, 9.17) is 10.5 Å². The monoisotopic (exact) mass is 216 g/mol. The van der Waals surface area contributed by atoms with Gasteiger partial charge in [-0.3, -0.25) is 4.90 Å². The molecule has 0 radical (unpaired) electrons. The quantitative estimate of drug-likeness (QED) is 0.747. The van der Waals surface area contributed by atoms with E-state index in [1.165, 1.54) is 24.3 Å². The summed E-state index contributed by atoms with van der Waals surface area (Å²) in [6, 6.07) is 0.595. The van der Waals surface area contributed by atoms with Crippen LogP contribution in [-0.2, 0) is 4.74 Å². The number of likely N-dealkylation sites (N-methyl/N-ethyl adjacent to an activating group) is 1. The molecule has 2 aliphatic heterocycles. The molecule has 2 heterocycles. The molecule has 2 aliphatic rings. The Bertz CT molecular complexity index is 189. The van der Waals surface area contributed by atoms with Gasteiger partial charge in [-0.2, -0.15) is 11.8 Å². The van der Waals surface area contributed by atoms with Gasteiger partial charge in [0.2, 0.25) is 0 Å². The minimum Gasteiger partial charge on any atom is -0.380 e. The molecule has 2 fully saturated rings. The van der Waals surface area contributed by atoms with Crippen LogP contribution < -0.4 is 5.73 Å². The van der Waals surface area contributed by atoms with Gasteiger partial charge in [-0.1, -0.05) is 0 Å². The Balaban J connectivity index is 2.02. The Morgan fingerprint density at radius 2 is 2.50 bits per heavy atom. The van der Waals surface area contributed by atoms with Crippen molar-refractivity contribution in [2.45, 2.75) is 24.4 Å². The number of thioether (sulfide) groups is 1. The first-order valence-electron chi connectivity index (χ1n) is 5.37. The lowest BCUT2D eigenvalue weighted by molar-refractivity contribution is 0.0833. The van der Waals surface area contributed by atoms with Crippen molar-refractivity contribution in [1.29, 1.82) is 0 Å². The molecular formula is C10H20N2OS. The van der Waals surface area contributed by atoms with Gasteiger partial charge in [0, 0.05) is 30.5 Å². The zero-order valence-electron chi connectivity index (χ0n) is 8.87. The predicted molar refractivity (Wildman–Crippen MR) is 60.7 cm³/mol. The highest BCUT2D eigenvalue weighted by atomic mass is 32.2. The smallest absolute Gasteiger partial charge is 0.0622 e. The predicted octanol–water partition coefficient (Wildman–Crippen LogP) is 0.541. The highest BCUT2D eigenvalue weighted by molar-refractivity contribution is 7.99. The Morgan fingerprint density at radius 1 is 1.64 bits per heavy atom. The molecule has 0 saturated carbocycles. The molecule has 2 atom stereocenters. The van der Waals surface area contributed by atoms with Gasteiger partial charge in [-0.25, -0.2) is 0 Å². The largest absolute Gasteiger partial charge is 0.380 e. The van der Waals surface area contributed by atoms with E-state index >= 15 is 0 Å². The lowest BCUT2D eigenvalue weighted by atomic mass is 9.95. The zero-order valence-corrected chi connectivity index (χ0v) is 9.68. The molecule has 0 amide bonds. The average molecular weight is 216 g/mol. The summed E-state index contributed by atoms with van der Waals surface area (Å²) in [4.78, 5) is 2.49. The molecule has 0 aliphatic carbocycles. The summed E-state index contributed by atoms with van der Waals surface area (Å²) in [5.41, 5.74) is 6.19. The maximum absolute atomic E-state index is 5.94. The third-order valence-corrected chi connectivity index (χ3v) is 4.90. The highest BCUT2D eigenvalue weighted by Gasteiger charge is 2.40. The number of hydrogen-bond donors (Lipinski definition) is 1. The number of nitrogens with two attached hydrogens (primary N) is 1. The van der Waals surface area contributed by atoms with E-state index in [1.807, 2.05) is 11.8 Å². The fourth-order valence-electron chi connectivity index (χ4n) is 2.39. The van der Waals surface area contributed by atoms with Gasteiger partial charge >= 0.3 is 0 Å². The summed E-state index contributed by atoms with van der Waals surface area (Å²) >= 11 is 2.03. The van der Waals surface area contributed by atoms with Crippen LogP contribution >= 0.6 is 11.8 Å². The average Bonchev–Trinajstić information content (AvgIpc) is 2.89. The van der Waals surface area contributed by atoms with Crippen LogP contribution in [0.2, 0.25) is 0 Å². The Morgan fingerprint density at radius 3 is 3.00 bits per heavy atom. The molecule has 2 unspecified atom stereocenters. The molecule has 14 heavy (non-hydrogen) atoms. The number of nitrogens with zero attached hydrogens (tertiary/aromatic N) is 1. The van der Waals surface area contributed by atoms with Crippen LogP contribution in [0.25, 0.3) is 0 Å². The molecule has 3 nitrogen and oxygen atoms in total. The van der Waals surface area contributed by atoms with Gasteiger partial charge < -0.3 is 10.5 Å². The number of ether oxygens (including phenoxy) is 1. The number of rotatable bonds is 3. The number of hydrogen-bond acceptors (Lipinski definition) is 4. The summed E-state index contributed by atoms with van der Waals surface area (Å²) in [6.45, 7) is 2.60. The summed E-state index contributed by atoms with van der Waals surface area (Å²) in [7, 11) is 2.22. The van der Waals surface area contributed by atoms with Gasteiger partial charge in [0.25, 0.3) is 0 Å². The van der Waals surface area contributed by atoms with Crippen molar-refractivity contribution >= 4 is 11.8 Å². The van der Waals surface area contributed by atoms with Crippen molar-refractivity contribution in [1.82, 2.24) is 4.90 Å². The Hall–Kier alpha value is 0.230. The van der Waals surface area contributed by atoms with Crippen molar-refractivity contribution in [3.63, 3.8) is 0 Å². The van der Waals surface area contributed by atoms with Gasteiger partial charge in [0.1, 0.15) is 0 Å². The first-order chi connectivity index (χ1) is 6.78. The summed E-state index contributed by atoms with van der Waals surface area (Å²) in [5, 5.41) is 0. The van der Waals surface area contributed by atoms with E-state index in [0.29, 0.717) is 6.04 Å². The van der Waals surface area contributed by atoms with Crippen molar-refractivity contribution in [2.24, 2.45) is 5.73 Å². The van der Waals surface area contributed by atoms with E-state index in [-0.39, 0.29) is 5.54 Å².